The molecule has 2 fully saturated rings. The minimum Gasteiger partial charge on any atom is -0.462 e. The zero-order valence-corrected chi connectivity index (χ0v) is 16.6. The standard InChI is InChI=1S/C11H20O2.C10H18O2/c1-3-4-5-6-8-11(2)9-7-10(12)13-11;1-2-3-4-5-6-9-7-8-10(11)12-9/h3-9H2,1-2H3;9H,2-8H2,1H3. The highest BCUT2D eigenvalue weighted by Crippen LogP contribution is 2.31. The number of hydrogen-bond donors (Lipinski definition) is 0. The van der Waals surface area contributed by atoms with Crippen molar-refractivity contribution in [3.05, 3.63) is 0 Å². The summed E-state index contributed by atoms with van der Waals surface area (Å²) in [5.74, 6) is -0.0199. The van der Waals surface area contributed by atoms with Gasteiger partial charge in [0.2, 0.25) is 0 Å². The van der Waals surface area contributed by atoms with E-state index >= 15 is 0 Å². The van der Waals surface area contributed by atoms with Gasteiger partial charge in [0.05, 0.1) is 0 Å². The van der Waals surface area contributed by atoms with E-state index in [1.165, 1.54) is 51.4 Å². The zero-order valence-electron chi connectivity index (χ0n) is 16.6. The fraction of sp³-hybridized carbons (Fsp3) is 0.905. The van der Waals surface area contributed by atoms with Crippen LogP contribution in [-0.4, -0.2) is 23.6 Å². The Morgan fingerprint density at radius 2 is 1.60 bits per heavy atom. The van der Waals surface area contributed by atoms with Crippen LogP contribution in [0.3, 0.4) is 0 Å². The molecule has 0 spiro atoms. The molecular formula is C21H38O4. The molecule has 146 valence electrons. The van der Waals surface area contributed by atoms with E-state index in [9.17, 15) is 9.59 Å². The maximum atomic E-state index is 10.9. The number of carbonyl (C=O) groups is 2. The molecular weight excluding hydrogens is 316 g/mol. The number of esters is 2. The van der Waals surface area contributed by atoms with Crippen molar-refractivity contribution in [1.29, 1.82) is 0 Å². The zero-order chi connectivity index (χ0) is 18.5. The predicted octanol–water partition coefficient (Wildman–Crippen LogP) is 5.71. The fourth-order valence-electron chi connectivity index (χ4n) is 3.43. The summed E-state index contributed by atoms with van der Waals surface area (Å²) in [7, 11) is 0. The fourth-order valence-corrected chi connectivity index (χ4v) is 3.43. The van der Waals surface area contributed by atoms with Gasteiger partial charge in [0, 0.05) is 12.8 Å². The van der Waals surface area contributed by atoms with E-state index in [2.05, 4.69) is 20.8 Å². The van der Waals surface area contributed by atoms with Gasteiger partial charge in [-0.2, -0.15) is 0 Å². The van der Waals surface area contributed by atoms with Crippen LogP contribution in [0.4, 0.5) is 0 Å². The summed E-state index contributed by atoms with van der Waals surface area (Å²) in [6, 6.07) is 0. The molecule has 0 aromatic carbocycles. The summed E-state index contributed by atoms with van der Waals surface area (Å²) >= 11 is 0. The highest BCUT2D eigenvalue weighted by molar-refractivity contribution is 5.72. The van der Waals surface area contributed by atoms with Crippen LogP contribution in [0, 0.1) is 0 Å². The van der Waals surface area contributed by atoms with Gasteiger partial charge in [-0.05, 0) is 45.4 Å². The number of unbranched alkanes of at least 4 members (excludes halogenated alkanes) is 6. The SMILES string of the molecule is CCCCCCC1(C)CCC(=O)O1.CCCCCCC1CCC(=O)O1. The van der Waals surface area contributed by atoms with Gasteiger partial charge in [-0.25, -0.2) is 0 Å². The van der Waals surface area contributed by atoms with Gasteiger partial charge in [-0.15, -0.1) is 0 Å². The second kappa shape index (κ2) is 12.3. The Labute approximate surface area is 154 Å². The van der Waals surface area contributed by atoms with Crippen molar-refractivity contribution in [2.45, 2.75) is 122 Å². The molecule has 0 N–H and O–H groups in total. The Hall–Kier alpha value is -1.06. The van der Waals surface area contributed by atoms with Crippen LogP contribution in [-0.2, 0) is 19.1 Å². The van der Waals surface area contributed by atoms with Gasteiger partial charge in [-0.3, -0.25) is 9.59 Å². The number of rotatable bonds is 10. The molecule has 2 heterocycles. The number of ether oxygens (including phenoxy) is 2. The molecule has 4 heteroatoms. The van der Waals surface area contributed by atoms with Crippen molar-refractivity contribution < 1.29 is 19.1 Å². The Kier molecular flexibility index (Phi) is 10.8. The van der Waals surface area contributed by atoms with Gasteiger partial charge < -0.3 is 9.47 Å². The maximum Gasteiger partial charge on any atom is 0.306 e. The van der Waals surface area contributed by atoms with Crippen LogP contribution >= 0.6 is 0 Å². The summed E-state index contributed by atoms with van der Waals surface area (Å²) in [4.78, 5) is 21.6. The Morgan fingerprint density at radius 1 is 0.920 bits per heavy atom. The molecule has 0 bridgehead atoms. The lowest BCUT2D eigenvalue weighted by atomic mass is 9.95. The molecule has 4 nitrogen and oxygen atoms in total. The number of carbonyl (C=O) groups excluding carboxylic acids is 2. The van der Waals surface area contributed by atoms with Crippen molar-refractivity contribution >= 4 is 11.9 Å². The molecule has 2 aliphatic heterocycles. The maximum absolute atomic E-state index is 10.9. The van der Waals surface area contributed by atoms with Crippen molar-refractivity contribution in [2.75, 3.05) is 0 Å². The second-order valence-corrected chi connectivity index (χ2v) is 7.73. The Balaban J connectivity index is 0.000000251. The number of hydrogen-bond acceptors (Lipinski definition) is 4. The van der Waals surface area contributed by atoms with Crippen molar-refractivity contribution in [1.82, 2.24) is 0 Å². The average molecular weight is 355 g/mol. The highest BCUT2D eigenvalue weighted by atomic mass is 16.6. The minimum absolute atomic E-state index is 0.00417. The smallest absolute Gasteiger partial charge is 0.306 e. The summed E-state index contributed by atoms with van der Waals surface area (Å²) < 4.78 is 10.4. The van der Waals surface area contributed by atoms with E-state index in [0.717, 1.165) is 25.7 Å². The summed E-state index contributed by atoms with van der Waals surface area (Å²) in [6.45, 7) is 6.47. The largest absolute Gasteiger partial charge is 0.462 e. The third-order valence-electron chi connectivity index (χ3n) is 5.13. The first kappa shape index (κ1) is 22.0. The topological polar surface area (TPSA) is 52.6 Å². The van der Waals surface area contributed by atoms with Crippen molar-refractivity contribution in [3.8, 4) is 0 Å². The molecule has 0 amide bonds. The van der Waals surface area contributed by atoms with E-state index in [1.807, 2.05) is 0 Å². The van der Waals surface area contributed by atoms with E-state index in [4.69, 9.17) is 9.47 Å². The van der Waals surface area contributed by atoms with E-state index in [-0.39, 0.29) is 23.6 Å². The van der Waals surface area contributed by atoms with Gasteiger partial charge >= 0.3 is 11.9 Å². The first-order valence-corrected chi connectivity index (χ1v) is 10.4. The lowest BCUT2D eigenvalue weighted by molar-refractivity contribution is -0.147. The summed E-state index contributed by atoms with van der Waals surface area (Å²) in [5, 5.41) is 0. The summed E-state index contributed by atoms with van der Waals surface area (Å²) in [6.07, 6.45) is 15.6. The Bertz CT molecular complexity index is 393. The van der Waals surface area contributed by atoms with Crippen LogP contribution in [0.1, 0.15) is 111 Å². The quantitative estimate of drug-likeness (QED) is 0.372. The van der Waals surface area contributed by atoms with Crippen molar-refractivity contribution in [2.24, 2.45) is 0 Å². The van der Waals surface area contributed by atoms with Gasteiger partial charge in [0.25, 0.3) is 0 Å². The van der Waals surface area contributed by atoms with Crippen LogP contribution in [0.25, 0.3) is 0 Å². The normalized spacial score (nSPS) is 25.3. The summed E-state index contributed by atoms with van der Waals surface area (Å²) in [5.41, 5.74) is -0.134. The average Bonchev–Trinajstić information content (AvgIpc) is 3.15. The molecule has 0 saturated carbocycles. The van der Waals surface area contributed by atoms with Crippen LogP contribution in [0.15, 0.2) is 0 Å². The minimum atomic E-state index is -0.134. The van der Waals surface area contributed by atoms with Crippen molar-refractivity contribution in [3.63, 3.8) is 0 Å². The Morgan fingerprint density at radius 3 is 2.12 bits per heavy atom. The molecule has 2 rings (SSSR count). The lowest BCUT2D eigenvalue weighted by Gasteiger charge is -2.22. The molecule has 2 saturated heterocycles. The van der Waals surface area contributed by atoms with E-state index in [1.54, 1.807) is 0 Å². The second-order valence-electron chi connectivity index (χ2n) is 7.73. The molecule has 2 unspecified atom stereocenters. The molecule has 25 heavy (non-hydrogen) atoms. The van der Waals surface area contributed by atoms with Crippen LogP contribution < -0.4 is 0 Å². The third kappa shape index (κ3) is 9.86. The molecule has 2 atom stereocenters. The van der Waals surface area contributed by atoms with Gasteiger partial charge in [-0.1, -0.05) is 52.4 Å². The molecule has 0 radical (unpaired) electrons. The van der Waals surface area contributed by atoms with Gasteiger partial charge in [0.1, 0.15) is 11.7 Å². The third-order valence-corrected chi connectivity index (χ3v) is 5.13. The molecule has 0 aliphatic carbocycles. The first-order chi connectivity index (χ1) is 12.0. The van der Waals surface area contributed by atoms with Gasteiger partial charge in [0.15, 0.2) is 0 Å². The molecule has 0 aromatic heterocycles. The highest BCUT2D eigenvalue weighted by Gasteiger charge is 2.34. The monoisotopic (exact) mass is 354 g/mol. The van der Waals surface area contributed by atoms with E-state index < -0.39 is 0 Å². The predicted molar refractivity (Wildman–Crippen MR) is 100 cm³/mol. The lowest BCUT2D eigenvalue weighted by Crippen LogP contribution is -2.23. The molecule has 2 aliphatic rings. The van der Waals surface area contributed by atoms with Crippen LogP contribution in [0.2, 0.25) is 0 Å². The number of cyclic esters (lactones) is 2. The first-order valence-electron chi connectivity index (χ1n) is 10.4. The van der Waals surface area contributed by atoms with Crippen LogP contribution in [0.5, 0.6) is 0 Å². The van der Waals surface area contributed by atoms with E-state index in [0.29, 0.717) is 12.8 Å². The molecule has 0 aromatic rings.